The summed E-state index contributed by atoms with van der Waals surface area (Å²) in [5, 5.41) is 0. The smallest absolute Gasteiger partial charge is 0.313 e. The highest BCUT2D eigenvalue weighted by Crippen LogP contribution is 2.21. The second kappa shape index (κ2) is 7.66. The van der Waals surface area contributed by atoms with Crippen LogP contribution >= 0.6 is 0 Å². The first-order valence-electron chi connectivity index (χ1n) is 6.13. The first-order valence-corrected chi connectivity index (χ1v) is 6.13. The van der Waals surface area contributed by atoms with E-state index in [0.717, 1.165) is 0 Å². The molecule has 0 saturated carbocycles. The van der Waals surface area contributed by atoms with Crippen molar-refractivity contribution < 1.29 is 28.7 Å². The van der Waals surface area contributed by atoms with Gasteiger partial charge in [0.05, 0.1) is 11.8 Å². The molecule has 0 unspecified atom stereocenters. The summed E-state index contributed by atoms with van der Waals surface area (Å²) in [5.41, 5.74) is 0. The van der Waals surface area contributed by atoms with E-state index in [2.05, 4.69) is 0 Å². The first-order chi connectivity index (χ1) is 8.78. The van der Waals surface area contributed by atoms with E-state index in [0.29, 0.717) is 6.29 Å². The molecular weight excluding hydrogens is 252 g/mol. The Kier molecular flexibility index (Phi) is 6.96. The van der Waals surface area contributed by atoms with Crippen molar-refractivity contribution in [3.63, 3.8) is 0 Å². The summed E-state index contributed by atoms with van der Waals surface area (Å²) in [7, 11) is 0. The van der Waals surface area contributed by atoms with Gasteiger partial charge in [-0.1, -0.05) is 27.7 Å². The van der Waals surface area contributed by atoms with Crippen LogP contribution in [0.5, 0.6) is 0 Å². The van der Waals surface area contributed by atoms with Gasteiger partial charge in [0.15, 0.2) is 0 Å². The first kappa shape index (κ1) is 17.3. The summed E-state index contributed by atoms with van der Waals surface area (Å²) in [4.78, 5) is 44.7. The molecule has 0 aliphatic carbocycles. The van der Waals surface area contributed by atoms with Crippen LogP contribution in [0.4, 0.5) is 0 Å². The Morgan fingerprint density at radius 2 is 1.42 bits per heavy atom. The molecule has 0 aromatic rings. The predicted molar refractivity (Wildman–Crippen MR) is 66.0 cm³/mol. The van der Waals surface area contributed by atoms with Gasteiger partial charge in [0, 0.05) is 12.8 Å². The zero-order valence-electron chi connectivity index (χ0n) is 11.7. The molecule has 0 saturated heterocycles. The van der Waals surface area contributed by atoms with E-state index in [1.165, 1.54) is 0 Å². The average Bonchev–Trinajstić information content (AvgIpc) is 2.35. The summed E-state index contributed by atoms with van der Waals surface area (Å²) in [6.07, 6.45) is 0.564. The molecule has 0 aliphatic rings. The summed E-state index contributed by atoms with van der Waals surface area (Å²) >= 11 is 0. The lowest BCUT2D eigenvalue weighted by Crippen LogP contribution is -2.43. The van der Waals surface area contributed by atoms with E-state index in [-0.39, 0.29) is 19.1 Å². The van der Waals surface area contributed by atoms with Gasteiger partial charge in [-0.05, 0) is 0 Å². The fourth-order valence-electron chi connectivity index (χ4n) is 1.07. The molecule has 6 nitrogen and oxygen atoms in total. The molecule has 0 N–H and O–H groups in total. The second-order valence-electron chi connectivity index (χ2n) is 4.79. The lowest BCUT2D eigenvalue weighted by atomic mass is 10.1. The van der Waals surface area contributed by atoms with Crippen molar-refractivity contribution in [2.45, 2.75) is 46.3 Å². The number of rotatable bonds is 8. The molecule has 6 heteroatoms. The van der Waals surface area contributed by atoms with Crippen LogP contribution < -0.4 is 0 Å². The maximum atomic E-state index is 11.6. The van der Waals surface area contributed by atoms with Crippen molar-refractivity contribution in [3.05, 3.63) is 0 Å². The Balaban J connectivity index is 5.07. The number of carbonyl (C=O) groups is 4. The van der Waals surface area contributed by atoms with Gasteiger partial charge in [-0.25, -0.2) is 0 Å². The van der Waals surface area contributed by atoms with Gasteiger partial charge in [0.1, 0.15) is 6.29 Å². The number of hydrogen-bond acceptors (Lipinski definition) is 6. The summed E-state index contributed by atoms with van der Waals surface area (Å²) < 4.78 is 9.93. The fraction of sp³-hybridized carbons (Fsp3) is 0.692. The van der Waals surface area contributed by atoms with Crippen molar-refractivity contribution in [2.75, 3.05) is 0 Å². The molecule has 0 amide bonds. The van der Waals surface area contributed by atoms with Gasteiger partial charge in [0.2, 0.25) is 6.29 Å². The van der Waals surface area contributed by atoms with E-state index in [1.807, 2.05) is 0 Å². The summed E-state index contributed by atoms with van der Waals surface area (Å²) in [6, 6.07) is 0. The molecule has 0 fully saturated rings. The Hall–Kier alpha value is -1.72. The molecule has 19 heavy (non-hydrogen) atoms. The van der Waals surface area contributed by atoms with Gasteiger partial charge in [0.25, 0.3) is 0 Å². The van der Waals surface area contributed by atoms with Gasteiger partial charge in [-0.3, -0.25) is 14.4 Å². The molecule has 0 aromatic heterocycles. The zero-order valence-corrected chi connectivity index (χ0v) is 11.7. The van der Waals surface area contributed by atoms with Crippen LogP contribution in [0, 0.1) is 11.8 Å². The van der Waals surface area contributed by atoms with E-state index < -0.39 is 29.6 Å². The number of aldehydes is 2. The highest BCUT2D eigenvalue weighted by atomic mass is 16.7. The van der Waals surface area contributed by atoms with Crippen LogP contribution in [-0.2, 0) is 28.7 Å². The van der Waals surface area contributed by atoms with E-state index in [4.69, 9.17) is 9.47 Å². The SMILES string of the molecule is CC(C)C(=O)OC(C=O)(CCC=O)OC(=O)C(C)C. The van der Waals surface area contributed by atoms with Crippen LogP contribution in [0.25, 0.3) is 0 Å². The lowest BCUT2D eigenvalue weighted by molar-refractivity contribution is -0.225. The van der Waals surface area contributed by atoms with Gasteiger partial charge >= 0.3 is 17.7 Å². The topological polar surface area (TPSA) is 86.7 Å². The number of hydrogen-bond donors (Lipinski definition) is 0. The molecule has 0 rings (SSSR count). The molecule has 0 radical (unpaired) electrons. The number of carbonyl (C=O) groups excluding carboxylic acids is 4. The van der Waals surface area contributed by atoms with E-state index >= 15 is 0 Å². The minimum absolute atomic E-state index is 0.0600. The minimum Gasteiger partial charge on any atom is -0.415 e. The highest BCUT2D eigenvalue weighted by molar-refractivity contribution is 5.79. The standard InChI is InChI=1S/C13H20O6/c1-9(2)11(16)18-13(8-15,6-5-7-14)19-12(17)10(3)4/h7-10H,5-6H2,1-4H3. The Labute approximate surface area is 112 Å². The zero-order chi connectivity index (χ0) is 15.1. The second-order valence-corrected chi connectivity index (χ2v) is 4.79. The normalized spacial score (nSPS) is 11.3. The van der Waals surface area contributed by atoms with E-state index in [1.54, 1.807) is 27.7 Å². The van der Waals surface area contributed by atoms with Crippen LogP contribution in [0.15, 0.2) is 0 Å². The summed E-state index contributed by atoms with van der Waals surface area (Å²) in [6.45, 7) is 6.34. The lowest BCUT2D eigenvalue weighted by Gasteiger charge is -2.28. The molecular formula is C13H20O6. The van der Waals surface area contributed by atoms with Crippen LogP contribution in [0.2, 0.25) is 0 Å². The van der Waals surface area contributed by atoms with Crippen LogP contribution in [0.1, 0.15) is 40.5 Å². The third-order valence-corrected chi connectivity index (χ3v) is 2.28. The third-order valence-electron chi connectivity index (χ3n) is 2.28. The molecule has 0 aromatic carbocycles. The maximum Gasteiger partial charge on any atom is 0.313 e. The number of esters is 2. The van der Waals surface area contributed by atoms with Crippen LogP contribution in [-0.4, -0.2) is 30.3 Å². The quantitative estimate of drug-likeness (QED) is 0.375. The van der Waals surface area contributed by atoms with Gasteiger partial charge in [-0.15, -0.1) is 0 Å². The maximum absolute atomic E-state index is 11.6. The molecule has 0 atom stereocenters. The van der Waals surface area contributed by atoms with E-state index in [9.17, 15) is 19.2 Å². The van der Waals surface area contributed by atoms with Crippen LogP contribution in [0.3, 0.4) is 0 Å². The monoisotopic (exact) mass is 272 g/mol. The van der Waals surface area contributed by atoms with Crippen molar-refractivity contribution >= 4 is 24.5 Å². The van der Waals surface area contributed by atoms with Crippen molar-refractivity contribution in [2.24, 2.45) is 11.8 Å². The molecule has 0 bridgehead atoms. The summed E-state index contributed by atoms with van der Waals surface area (Å²) in [5.74, 6) is -4.31. The Morgan fingerprint density at radius 1 is 1.00 bits per heavy atom. The molecule has 0 aliphatic heterocycles. The molecule has 108 valence electrons. The largest absolute Gasteiger partial charge is 0.415 e. The number of ether oxygens (including phenoxy) is 2. The van der Waals surface area contributed by atoms with Crippen molar-refractivity contribution in [1.82, 2.24) is 0 Å². The Bertz CT molecular complexity index is 323. The molecule has 0 heterocycles. The predicted octanol–water partition coefficient (Wildman–Crippen LogP) is 1.26. The van der Waals surface area contributed by atoms with Crippen molar-refractivity contribution in [3.8, 4) is 0 Å². The third kappa shape index (κ3) is 5.63. The molecule has 0 spiro atoms. The highest BCUT2D eigenvalue weighted by Gasteiger charge is 2.39. The average molecular weight is 272 g/mol. The minimum atomic E-state index is -2.01. The van der Waals surface area contributed by atoms with Gasteiger partial charge in [-0.2, -0.15) is 0 Å². The fourth-order valence-corrected chi connectivity index (χ4v) is 1.07. The van der Waals surface area contributed by atoms with Crippen molar-refractivity contribution in [1.29, 1.82) is 0 Å². The van der Waals surface area contributed by atoms with Gasteiger partial charge < -0.3 is 14.3 Å². The Morgan fingerprint density at radius 3 is 1.68 bits per heavy atom.